The van der Waals surface area contributed by atoms with Crippen LogP contribution in [0.2, 0.25) is 0 Å². The summed E-state index contributed by atoms with van der Waals surface area (Å²) >= 11 is 0. The van der Waals surface area contributed by atoms with Crippen molar-refractivity contribution in [2.75, 3.05) is 25.0 Å². The van der Waals surface area contributed by atoms with E-state index in [1.54, 1.807) is 47.4 Å². The lowest BCUT2D eigenvalue weighted by molar-refractivity contribution is 0.0773. The molecule has 0 heterocycles. The number of nitrogens with one attached hydrogen (secondary N) is 1. The van der Waals surface area contributed by atoms with E-state index in [0.717, 1.165) is 0 Å². The minimum Gasteiger partial charge on any atom is -0.494 e. The van der Waals surface area contributed by atoms with Crippen LogP contribution in [0.1, 0.15) is 41.5 Å². The predicted octanol–water partition coefficient (Wildman–Crippen LogP) is 3.82. The zero-order valence-electron chi connectivity index (χ0n) is 14.9. The van der Waals surface area contributed by atoms with Gasteiger partial charge in [0.25, 0.3) is 11.8 Å². The first kappa shape index (κ1) is 18.5. The number of hydrogen-bond acceptors (Lipinski definition) is 3. The van der Waals surface area contributed by atoms with Crippen LogP contribution in [0, 0.1) is 0 Å². The van der Waals surface area contributed by atoms with Crippen LogP contribution in [0.5, 0.6) is 5.75 Å². The Bertz CT molecular complexity index is 722. The van der Waals surface area contributed by atoms with Gasteiger partial charge in [-0.25, -0.2) is 0 Å². The van der Waals surface area contributed by atoms with Gasteiger partial charge in [0.05, 0.1) is 6.61 Å². The van der Waals surface area contributed by atoms with Crippen molar-refractivity contribution >= 4 is 17.5 Å². The van der Waals surface area contributed by atoms with Gasteiger partial charge < -0.3 is 15.0 Å². The highest BCUT2D eigenvalue weighted by atomic mass is 16.5. The fourth-order valence-electron chi connectivity index (χ4n) is 2.49. The first-order chi connectivity index (χ1) is 12.1. The third-order valence-electron chi connectivity index (χ3n) is 3.85. The molecule has 5 nitrogen and oxygen atoms in total. The molecule has 2 rings (SSSR count). The lowest BCUT2D eigenvalue weighted by Gasteiger charge is -2.18. The molecule has 0 fully saturated rings. The monoisotopic (exact) mass is 340 g/mol. The number of carbonyl (C=O) groups excluding carboxylic acids is 2. The Hall–Kier alpha value is -2.82. The van der Waals surface area contributed by atoms with E-state index in [1.807, 2.05) is 26.8 Å². The fraction of sp³-hybridized carbons (Fsp3) is 0.300. The molecule has 0 saturated heterocycles. The lowest BCUT2D eigenvalue weighted by atomic mass is 10.1. The second kappa shape index (κ2) is 8.87. The summed E-state index contributed by atoms with van der Waals surface area (Å²) in [4.78, 5) is 26.4. The lowest BCUT2D eigenvalue weighted by Crippen LogP contribution is -2.30. The molecule has 0 aliphatic rings. The molecular weight excluding hydrogens is 316 g/mol. The molecule has 0 bridgehead atoms. The molecule has 0 atom stereocenters. The molecule has 5 heteroatoms. The molecular formula is C20H24N2O3. The van der Waals surface area contributed by atoms with Gasteiger partial charge in [0.2, 0.25) is 0 Å². The SMILES string of the molecule is CCOc1cccc(C(=O)Nc2ccc(C(=O)N(CC)CC)cc2)c1. The second-order valence-electron chi connectivity index (χ2n) is 5.47. The maximum absolute atomic E-state index is 12.3. The molecule has 1 N–H and O–H groups in total. The molecule has 0 spiro atoms. The van der Waals surface area contributed by atoms with Crippen LogP contribution in [-0.4, -0.2) is 36.4 Å². The Balaban J connectivity index is 2.07. The maximum atomic E-state index is 12.3. The summed E-state index contributed by atoms with van der Waals surface area (Å²) < 4.78 is 5.41. The number of carbonyl (C=O) groups is 2. The van der Waals surface area contributed by atoms with Crippen molar-refractivity contribution in [1.29, 1.82) is 0 Å². The van der Waals surface area contributed by atoms with Gasteiger partial charge in [-0.15, -0.1) is 0 Å². The highest BCUT2D eigenvalue weighted by molar-refractivity contribution is 6.04. The van der Waals surface area contributed by atoms with Crippen LogP contribution in [0.4, 0.5) is 5.69 Å². The highest BCUT2D eigenvalue weighted by Gasteiger charge is 2.13. The second-order valence-corrected chi connectivity index (χ2v) is 5.47. The summed E-state index contributed by atoms with van der Waals surface area (Å²) in [5.74, 6) is 0.437. The number of hydrogen-bond donors (Lipinski definition) is 1. The van der Waals surface area contributed by atoms with Gasteiger partial charge in [-0.2, -0.15) is 0 Å². The van der Waals surface area contributed by atoms with Gasteiger partial charge in [-0.1, -0.05) is 6.07 Å². The van der Waals surface area contributed by atoms with Crippen molar-refractivity contribution in [1.82, 2.24) is 4.90 Å². The van der Waals surface area contributed by atoms with Crippen LogP contribution in [-0.2, 0) is 0 Å². The summed E-state index contributed by atoms with van der Waals surface area (Å²) in [5.41, 5.74) is 1.78. The summed E-state index contributed by atoms with van der Waals surface area (Å²) in [6.45, 7) is 7.69. The average molecular weight is 340 g/mol. The van der Waals surface area contributed by atoms with E-state index in [0.29, 0.717) is 42.3 Å². The Morgan fingerprint density at radius 3 is 2.24 bits per heavy atom. The van der Waals surface area contributed by atoms with E-state index in [9.17, 15) is 9.59 Å². The van der Waals surface area contributed by atoms with E-state index in [4.69, 9.17) is 4.74 Å². The van der Waals surface area contributed by atoms with Crippen molar-refractivity contribution in [3.63, 3.8) is 0 Å². The van der Waals surface area contributed by atoms with E-state index in [2.05, 4.69) is 5.32 Å². The van der Waals surface area contributed by atoms with Crippen molar-refractivity contribution < 1.29 is 14.3 Å². The smallest absolute Gasteiger partial charge is 0.255 e. The molecule has 2 aromatic rings. The van der Waals surface area contributed by atoms with Crippen molar-refractivity contribution in [2.45, 2.75) is 20.8 Å². The third-order valence-corrected chi connectivity index (χ3v) is 3.85. The number of anilines is 1. The van der Waals surface area contributed by atoms with Crippen molar-refractivity contribution in [3.8, 4) is 5.75 Å². The molecule has 0 radical (unpaired) electrons. The number of nitrogens with zero attached hydrogens (tertiary/aromatic N) is 1. The molecule has 0 saturated carbocycles. The van der Waals surface area contributed by atoms with E-state index in [1.165, 1.54) is 0 Å². The maximum Gasteiger partial charge on any atom is 0.255 e. The first-order valence-electron chi connectivity index (χ1n) is 8.52. The summed E-state index contributed by atoms with van der Waals surface area (Å²) in [6, 6.07) is 14.0. The fourth-order valence-corrected chi connectivity index (χ4v) is 2.49. The van der Waals surface area contributed by atoms with Crippen molar-refractivity contribution in [3.05, 3.63) is 59.7 Å². The van der Waals surface area contributed by atoms with Crippen LogP contribution >= 0.6 is 0 Å². The molecule has 2 aromatic carbocycles. The van der Waals surface area contributed by atoms with Gasteiger partial charge >= 0.3 is 0 Å². The Morgan fingerprint density at radius 1 is 0.960 bits per heavy atom. The summed E-state index contributed by atoms with van der Waals surface area (Å²) in [5, 5.41) is 2.83. The Kier molecular flexibility index (Phi) is 6.57. The Morgan fingerprint density at radius 2 is 1.64 bits per heavy atom. The Labute approximate surface area is 148 Å². The quantitative estimate of drug-likeness (QED) is 0.833. The number of benzene rings is 2. The number of ether oxygens (including phenoxy) is 1. The third kappa shape index (κ3) is 4.83. The van der Waals surface area contributed by atoms with Crippen LogP contribution in [0.15, 0.2) is 48.5 Å². The number of amides is 2. The molecule has 0 aliphatic heterocycles. The topological polar surface area (TPSA) is 58.6 Å². The van der Waals surface area contributed by atoms with Gasteiger partial charge in [-0.05, 0) is 63.2 Å². The normalized spacial score (nSPS) is 10.2. The minimum absolute atomic E-state index is 0.00714. The molecule has 132 valence electrons. The molecule has 0 aliphatic carbocycles. The van der Waals surface area contributed by atoms with Gasteiger partial charge in [0.1, 0.15) is 5.75 Å². The first-order valence-corrected chi connectivity index (χ1v) is 8.52. The van der Waals surface area contributed by atoms with E-state index in [-0.39, 0.29) is 11.8 Å². The summed E-state index contributed by atoms with van der Waals surface area (Å²) in [7, 11) is 0. The molecule has 0 unspecified atom stereocenters. The zero-order valence-corrected chi connectivity index (χ0v) is 14.9. The van der Waals surface area contributed by atoms with E-state index >= 15 is 0 Å². The van der Waals surface area contributed by atoms with Gasteiger partial charge in [0, 0.05) is 29.9 Å². The molecule has 25 heavy (non-hydrogen) atoms. The minimum atomic E-state index is -0.218. The summed E-state index contributed by atoms with van der Waals surface area (Å²) in [6.07, 6.45) is 0. The van der Waals surface area contributed by atoms with Gasteiger partial charge in [0.15, 0.2) is 0 Å². The number of rotatable bonds is 7. The average Bonchev–Trinajstić information content (AvgIpc) is 2.64. The predicted molar refractivity (Wildman–Crippen MR) is 99.3 cm³/mol. The van der Waals surface area contributed by atoms with Gasteiger partial charge in [-0.3, -0.25) is 9.59 Å². The highest BCUT2D eigenvalue weighted by Crippen LogP contribution is 2.16. The van der Waals surface area contributed by atoms with E-state index < -0.39 is 0 Å². The molecule has 0 aromatic heterocycles. The zero-order chi connectivity index (χ0) is 18.2. The standard InChI is InChI=1S/C20H24N2O3/c1-4-22(5-2)20(24)15-10-12-17(13-11-15)21-19(23)16-8-7-9-18(14-16)25-6-3/h7-14H,4-6H2,1-3H3,(H,21,23). The molecule has 2 amide bonds. The van der Waals surface area contributed by atoms with Crippen LogP contribution in [0.25, 0.3) is 0 Å². The van der Waals surface area contributed by atoms with Crippen LogP contribution < -0.4 is 10.1 Å². The largest absolute Gasteiger partial charge is 0.494 e. The van der Waals surface area contributed by atoms with Crippen molar-refractivity contribution in [2.24, 2.45) is 0 Å². The van der Waals surface area contributed by atoms with Crippen LogP contribution in [0.3, 0.4) is 0 Å².